The maximum absolute atomic E-state index is 10.2. The predicted octanol–water partition coefficient (Wildman–Crippen LogP) is 0.794. The molecular formula is C10H19N3O. The van der Waals surface area contributed by atoms with E-state index in [9.17, 15) is 5.11 Å². The number of rotatable bonds is 3. The molecule has 80 valence electrons. The van der Waals surface area contributed by atoms with Crippen molar-refractivity contribution in [3.05, 3.63) is 18.2 Å². The van der Waals surface area contributed by atoms with Crippen molar-refractivity contribution in [3.63, 3.8) is 0 Å². The van der Waals surface area contributed by atoms with Crippen LogP contribution in [0.1, 0.15) is 25.8 Å². The van der Waals surface area contributed by atoms with Crippen molar-refractivity contribution < 1.29 is 5.11 Å². The minimum atomic E-state index is -0.586. The molecule has 0 saturated heterocycles. The van der Waals surface area contributed by atoms with Crippen LogP contribution < -0.4 is 0 Å². The molecule has 0 radical (unpaired) electrons. The Hall–Kier alpha value is -0.870. The van der Waals surface area contributed by atoms with E-state index in [2.05, 4.69) is 4.98 Å². The lowest BCUT2D eigenvalue weighted by Crippen LogP contribution is -2.44. The highest BCUT2D eigenvalue weighted by Gasteiger charge is 2.33. The molecule has 0 saturated carbocycles. The van der Waals surface area contributed by atoms with Crippen LogP contribution in [0.15, 0.2) is 12.4 Å². The average Bonchev–Trinajstić information content (AvgIpc) is 2.49. The normalized spacial score (nSPS) is 14.8. The number of hydrogen-bond donors (Lipinski definition) is 1. The lowest BCUT2D eigenvalue weighted by molar-refractivity contribution is 0.00902. The first-order valence-electron chi connectivity index (χ1n) is 4.70. The second-order valence-electron chi connectivity index (χ2n) is 4.35. The van der Waals surface area contributed by atoms with E-state index >= 15 is 0 Å². The number of likely N-dealkylation sites (N-methyl/N-ethyl adjacent to an activating group) is 1. The van der Waals surface area contributed by atoms with Gasteiger partial charge in [-0.05, 0) is 27.9 Å². The van der Waals surface area contributed by atoms with Crippen molar-refractivity contribution in [1.82, 2.24) is 14.5 Å². The van der Waals surface area contributed by atoms with Gasteiger partial charge in [0, 0.05) is 25.0 Å². The fourth-order valence-corrected chi connectivity index (χ4v) is 1.20. The fraction of sp³-hybridized carbons (Fsp3) is 0.700. The molecule has 1 atom stereocenters. The first-order valence-corrected chi connectivity index (χ1v) is 4.70. The second kappa shape index (κ2) is 3.71. The Morgan fingerprint density at radius 1 is 1.50 bits per heavy atom. The molecule has 1 unspecified atom stereocenters. The van der Waals surface area contributed by atoms with Crippen LogP contribution in [0.3, 0.4) is 0 Å². The van der Waals surface area contributed by atoms with Gasteiger partial charge < -0.3 is 14.6 Å². The van der Waals surface area contributed by atoms with Gasteiger partial charge in [-0.1, -0.05) is 0 Å². The standard InChI is InChI=1S/C10H19N3O/c1-10(2,12(3)4)8(14)9-11-6-7-13(9)5/h6-8,14H,1-5H3. The molecule has 1 aromatic rings. The number of aliphatic hydroxyl groups excluding tert-OH is 1. The number of nitrogens with zero attached hydrogens (tertiary/aromatic N) is 3. The maximum atomic E-state index is 10.2. The minimum absolute atomic E-state index is 0.320. The van der Waals surface area contributed by atoms with Crippen LogP contribution in [-0.2, 0) is 7.05 Å². The smallest absolute Gasteiger partial charge is 0.139 e. The van der Waals surface area contributed by atoms with Crippen molar-refractivity contribution in [2.24, 2.45) is 7.05 Å². The third kappa shape index (κ3) is 1.81. The Kier molecular flexibility index (Phi) is 2.97. The van der Waals surface area contributed by atoms with Crippen molar-refractivity contribution in [3.8, 4) is 0 Å². The van der Waals surface area contributed by atoms with Gasteiger partial charge in [0.1, 0.15) is 11.9 Å². The van der Waals surface area contributed by atoms with Crippen LogP contribution >= 0.6 is 0 Å². The first kappa shape index (κ1) is 11.2. The maximum Gasteiger partial charge on any atom is 0.139 e. The van der Waals surface area contributed by atoms with Gasteiger partial charge >= 0.3 is 0 Å². The highest BCUT2D eigenvalue weighted by atomic mass is 16.3. The summed E-state index contributed by atoms with van der Waals surface area (Å²) in [5, 5.41) is 10.2. The number of aromatic nitrogens is 2. The number of aliphatic hydroxyl groups is 1. The van der Waals surface area contributed by atoms with Crippen molar-refractivity contribution in [1.29, 1.82) is 0 Å². The lowest BCUT2D eigenvalue weighted by Gasteiger charge is -2.36. The second-order valence-corrected chi connectivity index (χ2v) is 4.35. The molecule has 4 nitrogen and oxygen atoms in total. The average molecular weight is 197 g/mol. The molecule has 0 aliphatic rings. The summed E-state index contributed by atoms with van der Waals surface area (Å²) in [5.74, 6) is 0.698. The molecule has 0 fully saturated rings. The van der Waals surface area contributed by atoms with E-state index in [0.29, 0.717) is 5.82 Å². The minimum Gasteiger partial charge on any atom is -0.383 e. The molecule has 0 bridgehead atoms. The molecule has 0 aliphatic heterocycles. The van der Waals surface area contributed by atoms with Crippen molar-refractivity contribution in [2.75, 3.05) is 14.1 Å². The van der Waals surface area contributed by atoms with Crippen LogP contribution in [0.25, 0.3) is 0 Å². The van der Waals surface area contributed by atoms with E-state index in [1.807, 2.05) is 50.7 Å². The zero-order chi connectivity index (χ0) is 10.9. The highest BCUT2D eigenvalue weighted by molar-refractivity contribution is 5.03. The van der Waals surface area contributed by atoms with Gasteiger partial charge in [-0.25, -0.2) is 4.98 Å². The molecule has 4 heteroatoms. The molecule has 14 heavy (non-hydrogen) atoms. The monoisotopic (exact) mass is 197 g/mol. The lowest BCUT2D eigenvalue weighted by atomic mass is 9.95. The Bertz CT molecular complexity index is 304. The largest absolute Gasteiger partial charge is 0.383 e. The number of aryl methyl sites for hydroxylation is 1. The molecule has 1 heterocycles. The van der Waals surface area contributed by atoms with E-state index in [1.165, 1.54) is 0 Å². The van der Waals surface area contributed by atoms with Gasteiger partial charge in [-0.3, -0.25) is 0 Å². The van der Waals surface area contributed by atoms with E-state index in [0.717, 1.165) is 0 Å². The van der Waals surface area contributed by atoms with E-state index in [1.54, 1.807) is 6.20 Å². The van der Waals surface area contributed by atoms with Gasteiger partial charge in [-0.2, -0.15) is 0 Å². The SMILES string of the molecule is CN(C)C(C)(C)C(O)c1nccn1C. The Labute approximate surface area is 85.2 Å². The van der Waals surface area contributed by atoms with Gasteiger partial charge in [0.05, 0.1) is 0 Å². The number of imidazole rings is 1. The summed E-state index contributed by atoms with van der Waals surface area (Å²) in [6.45, 7) is 3.98. The third-order valence-electron chi connectivity index (χ3n) is 2.92. The van der Waals surface area contributed by atoms with Gasteiger partial charge in [0.15, 0.2) is 0 Å². The molecule has 0 aliphatic carbocycles. The summed E-state index contributed by atoms with van der Waals surface area (Å²) < 4.78 is 1.84. The molecule has 1 N–H and O–H groups in total. The Morgan fingerprint density at radius 3 is 2.43 bits per heavy atom. The van der Waals surface area contributed by atoms with E-state index in [-0.39, 0.29) is 5.54 Å². The zero-order valence-corrected chi connectivity index (χ0v) is 9.52. The van der Waals surface area contributed by atoms with Crippen LogP contribution in [0.5, 0.6) is 0 Å². The predicted molar refractivity (Wildman–Crippen MR) is 55.9 cm³/mol. The van der Waals surface area contributed by atoms with Crippen molar-refractivity contribution >= 4 is 0 Å². The van der Waals surface area contributed by atoms with E-state index < -0.39 is 6.10 Å². The topological polar surface area (TPSA) is 41.3 Å². The van der Waals surface area contributed by atoms with Crippen LogP contribution in [0.2, 0.25) is 0 Å². The summed E-state index contributed by atoms with van der Waals surface area (Å²) in [4.78, 5) is 6.14. The molecule has 1 aromatic heterocycles. The van der Waals surface area contributed by atoms with Crippen LogP contribution in [0, 0.1) is 0 Å². The van der Waals surface area contributed by atoms with Crippen molar-refractivity contribution in [2.45, 2.75) is 25.5 Å². The van der Waals surface area contributed by atoms with Gasteiger partial charge in [0.2, 0.25) is 0 Å². The fourth-order valence-electron chi connectivity index (χ4n) is 1.20. The van der Waals surface area contributed by atoms with Gasteiger partial charge in [0.25, 0.3) is 0 Å². The third-order valence-corrected chi connectivity index (χ3v) is 2.92. The summed E-state index contributed by atoms with van der Waals surface area (Å²) >= 11 is 0. The number of hydrogen-bond acceptors (Lipinski definition) is 3. The molecule has 0 spiro atoms. The first-order chi connectivity index (χ1) is 6.37. The van der Waals surface area contributed by atoms with E-state index in [4.69, 9.17) is 0 Å². The zero-order valence-electron chi connectivity index (χ0n) is 9.52. The molecule has 0 aromatic carbocycles. The molecular weight excluding hydrogens is 178 g/mol. The van der Waals surface area contributed by atoms with Crippen LogP contribution in [0.4, 0.5) is 0 Å². The Morgan fingerprint density at radius 2 is 2.07 bits per heavy atom. The summed E-state index contributed by atoms with van der Waals surface area (Å²) in [6.07, 6.45) is 2.95. The quantitative estimate of drug-likeness (QED) is 0.779. The molecule has 1 rings (SSSR count). The highest BCUT2D eigenvalue weighted by Crippen LogP contribution is 2.27. The molecule has 0 amide bonds. The summed E-state index contributed by atoms with van der Waals surface area (Å²) in [5.41, 5.74) is -0.320. The Balaban J connectivity index is 2.96. The summed E-state index contributed by atoms with van der Waals surface area (Å²) in [6, 6.07) is 0. The van der Waals surface area contributed by atoms with Gasteiger partial charge in [-0.15, -0.1) is 0 Å². The van der Waals surface area contributed by atoms with Crippen LogP contribution in [-0.4, -0.2) is 39.2 Å². The summed E-state index contributed by atoms with van der Waals surface area (Å²) in [7, 11) is 5.79.